The van der Waals surface area contributed by atoms with E-state index in [1.807, 2.05) is 18.2 Å². The van der Waals surface area contributed by atoms with Crippen LogP contribution in [0.1, 0.15) is 12.0 Å². The SMILES string of the molecule is COC(=O)C1C[C@@](OC)(c2ccc(-c3ccccc3)cc2)CN1. The van der Waals surface area contributed by atoms with E-state index in [0.29, 0.717) is 13.0 Å². The standard InChI is InChI=1S/C19H21NO3/c1-22-18(21)17-12-19(23-2,13-20-17)16-10-8-15(9-11-16)14-6-4-3-5-7-14/h3-11,17,20H,12-13H2,1-2H3/t17?,19-/m0/s1. The maximum absolute atomic E-state index is 11.7. The average Bonchev–Trinajstić information content (AvgIpc) is 3.08. The van der Waals surface area contributed by atoms with Crippen molar-refractivity contribution in [2.24, 2.45) is 0 Å². The van der Waals surface area contributed by atoms with Crippen molar-refractivity contribution in [3.8, 4) is 11.1 Å². The first-order chi connectivity index (χ1) is 11.2. The highest BCUT2D eigenvalue weighted by molar-refractivity contribution is 5.76. The van der Waals surface area contributed by atoms with Crippen LogP contribution in [0, 0.1) is 0 Å². The third kappa shape index (κ3) is 3.00. The number of methoxy groups -OCH3 is 2. The molecule has 1 saturated heterocycles. The van der Waals surface area contributed by atoms with E-state index in [0.717, 1.165) is 11.1 Å². The number of benzene rings is 2. The summed E-state index contributed by atoms with van der Waals surface area (Å²) in [6, 6.07) is 18.3. The van der Waals surface area contributed by atoms with Crippen LogP contribution in [0.25, 0.3) is 11.1 Å². The minimum Gasteiger partial charge on any atom is -0.468 e. The molecule has 0 saturated carbocycles. The Balaban J connectivity index is 1.84. The van der Waals surface area contributed by atoms with Crippen LogP contribution in [0.2, 0.25) is 0 Å². The maximum atomic E-state index is 11.7. The molecule has 2 aromatic rings. The monoisotopic (exact) mass is 311 g/mol. The van der Waals surface area contributed by atoms with Gasteiger partial charge in [0, 0.05) is 20.1 Å². The predicted octanol–water partition coefficient (Wildman–Crippen LogP) is 2.73. The molecule has 120 valence electrons. The van der Waals surface area contributed by atoms with E-state index in [1.165, 1.54) is 12.7 Å². The lowest BCUT2D eigenvalue weighted by atomic mass is 9.89. The van der Waals surface area contributed by atoms with Crippen LogP contribution in [0.5, 0.6) is 0 Å². The van der Waals surface area contributed by atoms with Gasteiger partial charge in [0.25, 0.3) is 0 Å². The number of rotatable bonds is 4. The molecule has 1 fully saturated rings. The van der Waals surface area contributed by atoms with Crippen LogP contribution in [0.15, 0.2) is 54.6 Å². The van der Waals surface area contributed by atoms with Crippen molar-refractivity contribution in [3.63, 3.8) is 0 Å². The summed E-state index contributed by atoms with van der Waals surface area (Å²) >= 11 is 0. The quantitative estimate of drug-likeness (QED) is 0.882. The minimum absolute atomic E-state index is 0.246. The van der Waals surface area contributed by atoms with Crippen molar-refractivity contribution in [1.29, 1.82) is 0 Å². The topological polar surface area (TPSA) is 47.6 Å². The lowest BCUT2D eigenvalue weighted by molar-refractivity contribution is -0.143. The van der Waals surface area contributed by atoms with Gasteiger partial charge in [-0.1, -0.05) is 54.6 Å². The fourth-order valence-corrected chi connectivity index (χ4v) is 3.16. The second kappa shape index (κ2) is 6.52. The summed E-state index contributed by atoms with van der Waals surface area (Å²) in [4.78, 5) is 11.7. The Labute approximate surface area is 136 Å². The van der Waals surface area contributed by atoms with Crippen molar-refractivity contribution in [2.75, 3.05) is 20.8 Å². The summed E-state index contributed by atoms with van der Waals surface area (Å²) in [7, 11) is 3.10. The number of carbonyl (C=O) groups excluding carboxylic acids is 1. The molecule has 0 bridgehead atoms. The Morgan fingerprint density at radius 1 is 1.04 bits per heavy atom. The molecule has 0 aromatic heterocycles. The molecule has 1 aliphatic rings. The zero-order valence-corrected chi connectivity index (χ0v) is 13.4. The van der Waals surface area contributed by atoms with Crippen LogP contribution in [-0.2, 0) is 19.9 Å². The predicted molar refractivity (Wildman–Crippen MR) is 89.0 cm³/mol. The van der Waals surface area contributed by atoms with Gasteiger partial charge < -0.3 is 14.8 Å². The molecule has 1 unspecified atom stereocenters. The number of hydrogen-bond donors (Lipinski definition) is 1. The average molecular weight is 311 g/mol. The molecule has 0 radical (unpaired) electrons. The van der Waals surface area contributed by atoms with Crippen molar-refractivity contribution in [3.05, 3.63) is 60.2 Å². The van der Waals surface area contributed by atoms with Crippen LogP contribution >= 0.6 is 0 Å². The summed E-state index contributed by atoms with van der Waals surface area (Å²) in [6.07, 6.45) is 0.570. The largest absolute Gasteiger partial charge is 0.468 e. The van der Waals surface area contributed by atoms with Crippen molar-refractivity contribution in [2.45, 2.75) is 18.1 Å². The van der Waals surface area contributed by atoms with Gasteiger partial charge in [0.05, 0.1) is 7.11 Å². The molecule has 0 spiro atoms. The van der Waals surface area contributed by atoms with Crippen LogP contribution < -0.4 is 5.32 Å². The van der Waals surface area contributed by atoms with E-state index in [-0.39, 0.29) is 12.0 Å². The Hall–Kier alpha value is -2.17. The fourth-order valence-electron chi connectivity index (χ4n) is 3.16. The molecule has 23 heavy (non-hydrogen) atoms. The fraction of sp³-hybridized carbons (Fsp3) is 0.316. The maximum Gasteiger partial charge on any atom is 0.322 e. The third-order valence-corrected chi connectivity index (χ3v) is 4.56. The highest BCUT2D eigenvalue weighted by atomic mass is 16.5. The lowest BCUT2D eigenvalue weighted by Gasteiger charge is -2.27. The molecular weight excluding hydrogens is 290 g/mol. The molecular formula is C19H21NO3. The normalized spacial score (nSPS) is 23.7. The summed E-state index contributed by atoms with van der Waals surface area (Å²) in [5.41, 5.74) is 2.92. The summed E-state index contributed by atoms with van der Waals surface area (Å²) in [5, 5.41) is 3.19. The summed E-state index contributed by atoms with van der Waals surface area (Å²) in [6.45, 7) is 0.591. The Morgan fingerprint density at radius 2 is 1.70 bits per heavy atom. The minimum atomic E-state index is -0.492. The smallest absolute Gasteiger partial charge is 0.322 e. The summed E-state index contributed by atoms with van der Waals surface area (Å²) in [5.74, 6) is -0.246. The van der Waals surface area contributed by atoms with Gasteiger partial charge in [-0.15, -0.1) is 0 Å². The van der Waals surface area contributed by atoms with E-state index in [2.05, 4.69) is 41.7 Å². The third-order valence-electron chi connectivity index (χ3n) is 4.56. The molecule has 0 amide bonds. The first-order valence-corrected chi connectivity index (χ1v) is 7.71. The van der Waals surface area contributed by atoms with Gasteiger partial charge in [0.2, 0.25) is 0 Å². The molecule has 1 N–H and O–H groups in total. The second-order valence-electron chi connectivity index (χ2n) is 5.80. The number of nitrogens with one attached hydrogen (secondary N) is 1. The van der Waals surface area contributed by atoms with Crippen LogP contribution in [-0.4, -0.2) is 32.8 Å². The van der Waals surface area contributed by atoms with Gasteiger partial charge in [-0.05, 0) is 16.7 Å². The summed E-state index contributed by atoms with van der Waals surface area (Å²) < 4.78 is 10.6. The second-order valence-corrected chi connectivity index (χ2v) is 5.80. The van der Waals surface area contributed by atoms with E-state index in [4.69, 9.17) is 9.47 Å². The van der Waals surface area contributed by atoms with E-state index in [1.54, 1.807) is 7.11 Å². The van der Waals surface area contributed by atoms with Crippen molar-refractivity contribution >= 4 is 5.97 Å². The molecule has 3 rings (SSSR count). The molecule has 1 heterocycles. The Bertz CT molecular complexity index is 669. The van der Waals surface area contributed by atoms with Crippen molar-refractivity contribution < 1.29 is 14.3 Å². The zero-order valence-electron chi connectivity index (χ0n) is 13.4. The molecule has 4 nitrogen and oxygen atoms in total. The van der Waals surface area contributed by atoms with Crippen LogP contribution in [0.4, 0.5) is 0 Å². The Morgan fingerprint density at radius 3 is 2.30 bits per heavy atom. The van der Waals surface area contributed by atoms with E-state index >= 15 is 0 Å². The highest BCUT2D eigenvalue weighted by Crippen LogP contribution is 2.35. The number of hydrogen-bond acceptors (Lipinski definition) is 4. The van der Waals surface area contributed by atoms with E-state index < -0.39 is 5.60 Å². The molecule has 2 aromatic carbocycles. The van der Waals surface area contributed by atoms with Crippen molar-refractivity contribution in [1.82, 2.24) is 5.32 Å². The van der Waals surface area contributed by atoms with Gasteiger partial charge in [0.15, 0.2) is 0 Å². The first-order valence-electron chi connectivity index (χ1n) is 7.71. The van der Waals surface area contributed by atoms with Gasteiger partial charge in [0.1, 0.15) is 11.6 Å². The lowest BCUT2D eigenvalue weighted by Crippen LogP contribution is -2.31. The zero-order chi connectivity index (χ0) is 16.3. The van der Waals surface area contributed by atoms with Gasteiger partial charge in [-0.25, -0.2) is 0 Å². The number of esters is 1. The molecule has 1 aliphatic heterocycles. The number of ether oxygens (including phenoxy) is 2. The Kier molecular flexibility index (Phi) is 4.46. The van der Waals surface area contributed by atoms with Gasteiger partial charge >= 0.3 is 5.97 Å². The van der Waals surface area contributed by atoms with Gasteiger partial charge in [-0.3, -0.25) is 4.79 Å². The highest BCUT2D eigenvalue weighted by Gasteiger charge is 2.43. The first kappa shape index (κ1) is 15.7. The molecule has 2 atom stereocenters. The molecule has 0 aliphatic carbocycles. The van der Waals surface area contributed by atoms with Crippen LogP contribution in [0.3, 0.4) is 0 Å². The van der Waals surface area contributed by atoms with E-state index in [9.17, 15) is 4.79 Å². The van der Waals surface area contributed by atoms with Gasteiger partial charge in [-0.2, -0.15) is 0 Å². The molecule has 4 heteroatoms. The number of carbonyl (C=O) groups is 1.